The van der Waals surface area contributed by atoms with E-state index < -0.39 is 12.0 Å². The van der Waals surface area contributed by atoms with Gasteiger partial charge in [-0.3, -0.25) is 0 Å². The molecule has 0 radical (unpaired) electrons. The average molecular weight is 164 g/mol. The third-order valence-electron chi connectivity index (χ3n) is 1.67. The zero-order chi connectivity index (χ0) is 9.14. The van der Waals surface area contributed by atoms with Gasteiger partial charge in [0, 0.05) is 6.20 Å². The maximum atomic E-state index is 10.5. The molecule has 0 amide bonds. The summed E-state index contributed by atoms with van der Waals surface area (Å²) >= 11 is 0. The van der Waals surface area contributed by atoms with Gasteiger partial charge in [-0.1, -0.05) is 0 Å². The van der Waals surface area contributed by atoms with Crippen molar-refractivity contribution >= 4 is 5.97 Å². The normalized spacial score (nSPS) is 12.0. The first kappa shape index (κ1) is 8.34. The molecule has 62 valence electrons. The molecule has 0 bridgehead atoms. The number of carbonyl (C=O) groups is 1. The Morgan fingerprint density at radius 3 is 3.00 bits per heavy atom. The Bertz CT molecular complexity index is 335. The number of carboxylic acid groups (broad SMARTS) is 1. The van der Waals surface area contributed by atoms with Gasteiger partial charge in [-0.05, 0) is 19.1 Å². The van der Waals surface area contributed by atoms with E-state index in [0.717, 1.165) is 0 Å². The second kappa shape index (κ2) is 3.09. The molecule has 0 spiro atoms. The molecule has 0 aliphatic rings. The first-order valence-corrected chi connectivity index (χ1v) is 3.46. The molecule has 1 N–H and O–H groups in total. The number of hydrogen-bond donors (Lipinski definition) is 1. The average Bonchev–Trinajstić information content (AvgIpc) is 2.49. The first-order chi connectivity index (χ1) is 5.66. The highest BCUT2D eigenvalue weighted by Gasteiger charge is 2.14. The number of hydrogen-bond acceptors (Lipinski definition) is 2. The number of carboxylic acids is 1. The summed E-state index contributed by atoms with van der Waals surface area (Å²) < 4.78 is 1.42. The van der Waals surface area contributed by atoms with Gasteiger partial charge in [0.25, 0.3) is 0 Å². The lowest BCUT2D eigenvalue weighted by molar-refractivity contribution is -0.140. The van der Waals surface area contributed by atoms with Gasteiger partial charge in [-0.2, -0.15) is 5.26 Å². The maximum Gasteiger partial charge on any atom is 0.326 e. The van der Waals surface area contributed by atoms with E-state index in [9.17, 15) is 4.79 Å². The van der Waals surface area contributed by atoms with Crippen LogP contribution in [0.15, 0.2) is 18.3 Å². The zero-order valence-corrected chi connectivity index (χ0v) is 6.56. The van der Waals surface area contributed by atoms with Gasteiger partial charge in [0.15, 0.2) is 0 Å². The minimum absolute atomic E-state index is 0.366. The molecule has 0 saturated carbocycles. The van der Waals surface area contributed by atoms with E-state index in [0.29, 0.717) is 5.69 Å². The third kappa shape index (κ3) is 1.30. The minimum atomic E-state index is -0.942. The topological polar surface area (TPSA) is 66.0 Å². The van der Waals surface area contributed by atoms with Crippen molar-refractivity contribution in [3.8, 4) is 6.07 Å². The van der Waals surface area contributed by atoms with E-state index in [1.54, 1.807) is 18.3 Å². The molecule has 0 aliphatic carbocycles. The van der Waals surface area contributed by atoms with Crippen molar-refractivity contribution < 1.29 is 9.90 Å². The highest BCUT2D eigenvalue weighted by atomic mass is 16.4. The molecule has 0 aliphatic heterocycles. The molecule has 1 unspecified atom stereocenters. The molecule has 1 aromatic heterocycles. The molecule has 1 aromatic rings. The summed E-state index contributed by atoms with van der Waals surface area (Å²) in [5.74, 6) is -0.942. The molecular formula is C8H8N2O2. The molecule has 1 rings (SSSR count). The summed E-state index contributed by atoms with van der Waals surface area (Å²) in [4.78, 5) is 10.5. The van der Waals surface area contributed by atoms with Crippen LogP contribution >= 0.6 is 0 Å². The second-order valence-electron chi connectivity index (χ2n) is 2.43. The van der Waals surface area contributed by atoms with Gasteiger partial charge in [0.05, 0.1) is 0 Å². The fraction of sp³-hybridized carbons (Fsp3) is 0.250. The molecule has 0 saturated heterocycles. The smallest absolute Gasteiger partial charge is 0.326 e. The van der Waals surface area contributed by atoms with Gasteiger partial charge in [-0.25, -0.2) is 4.79 Å². The number of rotatable bonds is 2. The highest BCUT2D eigenvalue weighted by Crippen LogP contribution is 2.10. The van der Waals surface area contributed by atoms with Gasteiger partial charge in [0.1, 0.15) is 17.8 Å². The number of nitrogens with zero attached hydrogens (tertiary/aromatic N) is 2. The van der Waals surface area contributed by atoms with Crippen LogP contribution in [0.5, 0.6) is 0 Å². The zero-order valence-electron chi connectivity index (χ0n) is 6.56. The molecule has 1 atom stereocenters. The Morgan fingerprint density at radius 2 is 2.50 bits per heavy atom. The molecule has 12 heavy (non-hydrogen) atoms. The number of aliphatic carboxylic acids is 1. The fourth-order valence-electron chi connectivity index (χ4n) is 0.945. The van der Waals surface area contributed by atoms with Crippen molar-refractivity contribution in [2.24, 2.45) is 0 Å². The van der Waals surface area contributed by atoms with E-state index in [-0.39, 0.29) is 0 Å². The van der Waals surface area contributed by atoms with E-state index in [4.69, 9.17) is 10.4 Å². The largest absolute Gasteiger partial charge is 0.480 e. The van der Waals surface area contributed by atoms with Crippen molar-refractivity contribution in [3.63, 3.8) is 0 Å². The third-order valence-corrected chi connectivity index (χ3v) is 1.67. The van der Waals surface area contributed by atoms with Crippen LogP contribution in [-0.4, -0.2) is 15.6 Å². The van der Waals surface area contributed by atoms with Crippen LogP contribution in [0.4, 0.5) is 0 Å². The molecule has 0 fully saturated rings. The lowest BCUT2D eigenvalue weighted by atomic mass is 10.3. The van der Waals surface area contributed by atoms with E-state index in [2.05, 4.69) is 0 Å². The van der Waals surface area contributed by atoms with Gasteiger partial charge in [0.2, 0.25) is 0 Å². The quantitative estimate of drug-likeness (QED) is 0.709. The Morgan fingerprint density at radius 1 is 1.83 bits per heavy atom. The molecule has 4 heteroatoms. The summed E-state index contributed by atoms with van der Waals surface area (Å²) in [7, 11) is 0. The Kier molecular flexibility index (Phi) is 2.15. The van der Waals surface area contributed by atoms with Gasteiger partial charge >= 0.3 is 5.97 Å². The van der Waals surface area contributed by atoms with E-state index in [1.807, 2.05) is 6.07 Å². The van der Waals surface area contributed by atoms with Crippen molar-refractivity contribution in [2.45, 2.75) is 13.0 Å². The fourth-order valence-corrected chi connectivity index (χ4v) is 0.945. The predicted octanol–water partition coefficient (Wildman–Crippen LogP) is 1.01. The van der Waals surface area contributed by atoms with E-state index >= 15 is 0 Å². The molecule has 0 aromatic carbocycles. The minimum Gasteiger partial charge on any atom is -0.480 e. The monoisotopic (exact) mass is 164 g/mol. The number of aromatic nitrogens is 1. The van der Waals surface area contributed by atoms with E-state index in [1.165, 1.54) is 11.5 Å². The van der Waals surface area contributed by atoms with Crippen LogP contribution in [0.2, 0.25) is 0 Å². The van der Waals surface area contributed by atoms with Crippen LogP contribution in [0.1, 0.15) is 18.7 Å². The lowest BCUT2D eigenvalue weighted by Gasteiger charge is -2.08. The predicted molar refractivity (Wildman–Crippen MR) is 41.5 cm³/mol. The van der Waals surface area contributed by atoms with Crippen molar-refractivity contribution in [2.75, 3.05) is 0 Å². The first-order valence-electron chi connectivity index (χ1n) is 3.46. The summed E-state index contributed by atoms with van der Waals surface area (Å²) in [6.07, 6.45) is 1.58. The number of nitriles is 1. The summed E-state index contributed by atoms with van der Waals surface area (Å²) in [5, 5.41) is 17.2. The Balaban J connectivity index is 3.03. The van der Waals surface area contributed by atoms with Crippen molar-refractivity contribution in [3.05, 3.63) is 24.0 Å². The van der Waals surface area contributed by atoms with Crippen molar-refractivity contribution in [1.82, 2.24) is 4.57 Å². The van der Waals surface area contributed by atoms with Crippen LogP contribution in [0, 0.1) is 11.3 Å². The van der Waals surface area contributed by atoms with Crippen LogP contribution in [0.3, 0.4) is 0 Å². The molecular weight excluding hydrogens is 156 g/mol. The van der Waals surface area contributed by atoms with Crippen LogP contribution < -0.4 is 0 Å². The van der Waals surface area contributed by atoms with Crippen molar-refractivity contribution in [1.29, 1.82) is 5.26 Å². The SMILES string of the molecule is CC(C(=O)O)n1cccc1C#N. The summed E-state index contributed by atoms with van der Waals surface area (Å²) in [6.45, 7) is 1.53. The molecule has 1 heterocycles. The lowest BCUT2D eigenvalue weighted by Crippen LogP contribution is -2.15. The van der Waals surface area contributed by atoms with Gasteiger partial charge in [-0.15, -0.1) is 0 Å². The Labute approximate surface area is 69.7 Å². The van der Waals surface area contributed by atoms with Gasteiger partial charge < -0.3 is 9.67 Å². The summed E-state index contributed by atoms with van der Waals surface area (Å²) in [6, 6.07) is 4.46. The van der Waals surface area contributed by atoms with Crippen LogP contribution in [0.25, 0.3) is 0 Å². The van der Waals surface area contributed by atoms with Crippen LogP contribution in [-0.2, 0) is 4.79 Å². The molecule has 4 nitrogen and oxygen atoms in total. The Hall–Kier alpha value is -1.76. The maximum absolute atomic E-state index is 10.5. The standard InChI is InChI=1S/C8H8N2O2/c1-6(8(11)12)10-4-2-3-7(10)5-9/h2-4,6H,1H3,(H,11,12). The summed E-state index contributed by atoms with van der Waals surface area (Å²) in [5.41, 5.74) is 0.366. The second-order valence-corrected chi connectivity index (χ2v) is 2.43. The highest BCUT2D eigenvalue weighted by molar-refractivity contribution is 5.71.